The fraction of sp³-hybridized carbons (Fsp3) is 0.625. The summed E-state index contributed by atoms with van der Waals surface area (Å²) in [5.41, 5.74) is 1.09. The summed E-state index contributed by atoms with van der Waals surface area (Å²) in [6.45, 7) is 9.10. The van der Waals surface area contributed by atoms with Gasteiger partial charge in [-0.1, -0.05) is 30.3 Å². The van der Waals surface area contributed by atoms with E-state index in [-0.39, 0.29) is 6.10 Å². The fourth-order valence-corrected chi connectivity index (χ4v) is 3.09. The lowest BCUT2D eigenvalue weighted by Crippen LogP contribution is -2.51. The minimum absolute atomic E-state index is 0.158. The summed E-state index contributed by atoms with van der Waals surface area (Å²) in [6, 6.07) is 10.8. The van der Waals surface area contributed by atoms with Crippen LogP contribution in [0.5, 0.6) is 0 Å². The maximum absolute atomic E-state index is 6.19. The van der Waals surface area contributed by atoms with Gasteiger partial charge >= 0.3 is 0 Å². The van der Waals surface area contributed by atoms with Crippen molar-refractivity contribution in [2.75, 3.05) is 32.8 Å². The van der Waals surface area contributed by atoms with Crippen molar-refractivity contribution in [2.45, 2.75) is 31.8 Å². The van der Waals surface area contributed by atoms with Crippen molar-refractivity contribution in [1.29, 1.82) is 0 Å². The number of nitrogens with zero attached hydrogens (tertiary/aromatic N) is 1. The van der Waals surface area contributed by atoms with Gasteiger partial charge < -0.3 is 14.8 Å². The Morgan fingerprint density at radius 3 is 2.90 bits per heavy atom. The Hall–Kier alpha value is -0.940. The Balaban J connectivity index is 1.59. The van der Waals surface area contributed by atoms with Gasteiger partial charge in [0, 0.05) is 37.8 Å². The van der Waals surface area contributed by atoms with Crippen LogP contribution in [-0.2, 0) is 15.3 Å². The maximum atomic E-state index is 6.19. The average Bonchev–Trinajstić information content (AvgIpc) is 2.83. The first-order chi connectivity index (χ1) is 9.66. The van der Waals surface area contributed by atoms with E-state index in [1.54, 1.807) is 0 Å². The molecule has 3 rings (SSSR count). The Morgan fingerprint density at radius 2 is 2.15 bits per heavy atom. The Morgan fingerprint density at radius 1 is 1.35 bits per heavy atom. The SMILES string of the molecule is CC1CN(CC2COC(C)(c3ccccc3)O2)CCN1. The van der Waals surface area contributed by atoms with Crippen molar-refractivity contribution in [3.05, 3.63) is 35.9 Å². The molecule has 110 valence electrons. The van der Waals surface area contributed by atoms with Gasteiger partial charge in [0.1, 0.15) is 0 Å². The number of ether oxygens (including phenoxy) is 2. The van der Waals surface area contributed by atoms with Crippen molar-refractivity contribution in [1.82, 2.24) is 10.2 Å². The number of hydrogen-bond acceptors (Lipinski definition) is 4. The minimum atomic E-state index is -0.592. The minimum Gasteiger partial charge on any atom is -0.343 e. The van der Waals surface area contributed by atoms with E-state index in [1.165, 1.54) is 0 Å². The van der Waals surface area contributed by atoms with Gasteiger partial charge in [0.25, 0.3) is 0 Å². The van der Waals surface area contributed by atoms with Crippen LogP contribution in [0.4, 0.5) is 0 Å². The number of benzene rings is 1. The molecule has 0 aliphatic carbocycles. The standard InChI is InChI=1S/C16H24N2O2/c1-13-10-18(9-8-17-13)11-15-12-19-16(2,20-15)14-6-4-3-5-7-14/h3-7,13,15,17H,8-12H2,1-2H3. The summed E-state index contributed by atoms with van der Waals surface area (Å²) in [4.78, 5) is 2.46. The van der Waals surface area contributed by atoms with Crippen molar-refractivity contribution in [2.24, 2.45) is 0 Å². The first kappa shape index (κ1) is 14.0. The highest BCUT2D eigenvalue weighted by molar-refractivity contribution is 5.20. The molecule has 2 aliphatic heterocycles. The highest BCUT2D eigenvalue weighted by atomic mass is 16.7. The van der Waals surface area contributed by atoms with E-state index >= 15 is 0 Å². The van der Waals surface area contributed by atoms with Gasteiger partial charge in [0.15, 0.2) is 5.79 Å². The van der Waals surface area contributed by atoms with Gasteiger partial charge in [-0.2, -0.15) is 0 Å². The number of rotatable bonds is 3. The van der Waals surface area contributed by atoms with E-state index in [9.17, 15) is 0 Å². The van der Waals surface area contributed by atoms with Crippen molar-refractivity contribution < 1.29 is 9.47 Å². The predicted octanol–water partition coefficient (Wildman–Crippen LogP) is 1.57. The Bertz CT molecular complexity index is 439. The third-order valence-corrected chi connectivity index (χ3v) is 4.15. The third-order valence-electron chi connectivity index (χ3n) is 4.15. The van der Waals surface area contributed by atoms with Crippen LogP contribution in [-0.4, -0.2) is 49.8 Å². The first-order valence-corrected chi connectivity index (χ1v) is 7.49. The van der Waals surface area contributed by atoms with Gasteiger partial charge in [-0.25, -0.2) is 0 Å². The summed E-state index contributed by atoms with van der Waals surface area (Å²) in [6.07, 6.45) is 0.158. The van der Waals surface area contributed by atoms with Gasteiger partial charge in [0.2, 0.25) is 0 Å². The van der Waals surface area contributed by atoms with E-state index in [4.69, 9.17) is 9.47 Å². The molecule has 4 heteroatoms. The summed E-state index contributed by atoms with van der Waals surface area (Å²) in [7, 11) is 0. The van der Waals surface area contributed by atoms with Gasteiger partial charge in [-0.05, 0) is 13.8 Å². The second-order valence-electron chi connectivity index (χ2n) is 5.98. The van der Waals surface area contributed by atoms with E-state index in [0.29, 0.717) is 12.6 Å². The van der Waals surface area contributed by atoms with Crippen molar-refractivity contribution >= 4 is 0 Å². The second-order valence-corrected chi connectivity index (χ2v) is 5.98. The van der Waals surface area contributed by atoms with Crippen LogP contribution in [0, 0.1) is 0 Å². The molecule has 2 fully saturated rings. The molecule has 0 spiro atoms. The van der Waals surface area contributed by atoms with Crippen LogP contribution in [0.3, 0.4) is 0 Å². The van der Waals surface area contributed by atoms with Crippen LogP contribution in [0.15, 0.2) is 30.3 Å². The van der Waals surface area contributed by atoms with Crippen LogP contribution in [0.25, 0.3) is 0 Å². The van der Waals surface area contributed by atoms with Crippen LogP contribution < -0.4 is 5.32 Å². The molecule has 0 amide bonds. The maximum Gasteiger partial charge on any atom is 0.192 e. The molecule has 4 nitrogen and oxygen atoms in total. The molecule has 0 bridgehead atoms. The third kappa shape index (κ3) is 3.04. The topological polar surface area (TPSA) is 33.7 Å². The average molecular weight is 276 g/mol. The van der Waals surface area contributed by atoms with Crippen molar-refractivity contribution in [3.63, 3.8) is 0 Å². The zero-order chi connectivity index (χ0) is 14.0. The van der Waals surface area contributed by atoms with Gasteiger partial charge in [0.05, 0.1) is 12.7 Å². The molecular weight excluding hydrogens is 252 g/mol. The zero-order valence-electron chi connectivity index (χ0n) is 12.3. The van der Waals surface area contributed by atoms with E-state index in [0.717, 1.165) is 31.7 Å². The molecule has 0 aromatic heterocycles. The molecule has 20 heavy (non-hydrogen) atoms. The normalized spacial score (nSPS) is 35.3. The lowest BCUT2D eigenvalue weighted by Gasteiger charge is -2.33. The first-order valence-electron chi connectivity index (χ1n) is 7.49. The second kappa shape index (κ2) is 5.82. The quantitative estimate of drug-likeness (QED) is 0.908. The number of nitrogens with one attached hydrogen (secondary N) is 1. The van der Waals surface area contributed by atoms with E-state index in [2.05, 4.69) is 29.3 Å². The lowest BCUT2D eigenvalue weighted by atomic mass is 10.1. The Labute approximate surface area is 121 Å². The molecule has 1 N–H and O–H groups in total. The molecule has 2 saturated heterocycles. The smallest absolute Gasteiger partial charge is 0.192 e. The van der Waals surface area contributed by atoms with E-state index in [1.807, 2.05) is 25.1 Å². The molecule has 0 radical (unpaired) electrons. The molecular formula is C16H24N2O2. The largest absolute Gasteiger partial charge is 0.343 e. The van der Waals surface area contributed by atoms with Crippen LogP contribution >= 0.6 is 0 Å². The predicted molar refractivity (Wildman–Crippen MR) is 78.5 cm³/mol. The fourth-order valence-electron chi connectivity index (χ4n) is 3.09. The molecule has 2 aliphatic rings. The summed E-state index contributed by atoms with van der Waals surface area (Å²) in [5.74, 6) is -0.592. The number of hydrogen-bond donors (Lipinski definition) is 1. The Kier molecular flexibility index (Phi) is 4.08. The summed E-state index contributed by atoms with van der Waals surface area (Å²) in [5, 5.41) is 3.47. The molecule has 1 aromatic carbocycles. The lowest BCUT2D eigenvalue weighted by molar-refractivity contribution is -0.163. The highest BCUT2D eigenvalue weighted by Crippen LogP contribution is 2.33. The van der Waals surface area contributed by atoms with Crippen LogP contribution in [0.2, 0.25) is 0 Å². The highest BCUT2D eigenvalue weighted by Gasteiger charge is 2.39. The molecule has 1 aromatic rings. The molecule has 3 atom stereocenters. The summed E-state index contributed by atoms with van der Waals surface area (Å²) < 4.78 is 12.1. The zero-order valence-corrected chi connectivity index (χ0v) is 12.3. The van der Waals surface area contributed by atoms with Gasteiger partial charge in [-0.15, -0.1) is 0 Å². The number of piperazine rings is 1. The monoisotopic (exact) mass is 276 g/mol. The molecule has 0 saturated carbocycles. The molecule has 3 unspecified atom stereocenters. The van der Waals surface area contributed by atoms with Gasteiger partial charge in [-0.3, -0.25) is 4.90 Å². The molecule has 2 heterocycles. The van der Waals surface area contributed by atoms with Crippen molar-refractivity contribution in [3.8, 4) is 0 Å². The summed E-state index contributed by atoms with van der Waals surface area (Å²) >= 11 is 0. The van der Waals surface area contributed by atoms with Crippen LogP contribution in [0.1, 0.15) is 19.4 Å². The van der Waals surface area contributed by atoms with E-state index < -0.39 is 5.79 Å².